The van der Waals surface area contributed by atoms with Gasteiger partial charge < -0.3 is 4.74 Å². The van der Waals surface area contributed by atoms with E-state index in [9.17, 15) is 13.2 Å². The van der Waals surface area contributed by atoms with Crippen molar-refractivity contribution >= 4 is 16.0 Å². The number of nitriles is 1. The van der Waals surface area contributed by atoms with Gasteiger partial charge in [0.05, 0.1) is 13.2 Å². The quantitative estimate of drug-likeness (QED) is 0.803. The van der Waals surface area contributed by atoms with Gasteiger partial charge in [-0.05, 0) is 12.5 Å². The zero-order chi connectivity index (χ0) is 14.5. The molecule has 0 bridgehead atoms. The summed E-state index contributed by atoms with van der Waals surface area (Å²) in [6.07, 6.45) is 0. The highest BCUT2D eigenvalue weighted by Gasteiger charge is 2.30. The Hall–Kier alpha value is -1.91. The Kier molecular flexibility index (Phi) is 5.03. The second-order valence-electron chi connectivity index (χ2n) is 3.80. The van der Waals surface area contributed by atoms with Crippen molar-refractivity contribution in [3.63, 3.8) is 0 Å². The van der Waals surface area contributed by atoms with Crippen molar-refractivity contribution in [2.45, 2.75) is 18.2 Å². The molecule has 2 unspecified atom stereocenters. The predicted molar refractivity (Wildman–Crippen MR) is 68.3 cm³/mol. The van der Waals surface area contributed by atoms with Crippen LogP contribution in [0, 0.1) is 11.3 Å². The summed E-state index contributed by atoms with van der Waals surface area (Å²) >= 11 is 0. The van der Waals surface area contributed by atoms with E-state index >= 15 is 0 Å². The maximum Gasteiger partial charge on any atom is 0.328 e. The number of sulfonamides is 1. The van der Waals surface area contributed by atoms with Gasteiger partial charge in [0.15, 0.2) is 5.25 Å². The number of esters is 1. The number of nitrogens with zero attached hydrogens (tertiary/aromatic N) is 1. The van der Waals surface area contributed by atoms with Gasteiger partial charge in [0, 0.05) is 0 Å². The molecular weight excluding hydrogens is 268 g/mol. The highest BCUT2D eigenvalue weighted by molar-refractivity contribution is 7.90. The summed E-state index contributed by atoms with van der Waals surface area (Å²) in [4.78, 5) is 11.7. The third kappa shape index (κ3) is 3.77. The lowest BCUT2D eigenvalue weighted by atomic mass is 10.1. The van der Waals surface area contributed by atoms with E-state index in [1.54, 1.807) is 36.4 Å². The van der Waals surface area contributed by atoms with Crippen LogP contribution in [0.2, 0.25) is 0 Å². The summed E-state index contributed by atoms with van der Waals surface area (Å²) in [5.41, 5.74) is 0.447. The van der Waals surface area contributed by atoms with E-state index in [1.807, 2.05) is 0 Å². The molecule has 0 fully saturated rings. The molecule has 0 heterocycles. The molecule has 1 aromatic rings. The molecule has 0 aliphatic rings. The van der Waals surface area contributed by atoms with Gasteiger partial charge in [-0.15, -0.1) is 0 Å². The largest absolute Gasteiger partial charge is 0.468 e. The summed E-state index contributed by atoms with van der Waals surface area (Å²) in [7, 11) is -2.76. The lowest BCUT2D eigenvalue weighted by Gasteiger charge is -2.17. The second-order valence-corrected chi connectivity index (χ2v) is 5.83. The summed E-state index contributed by atoms with van der Waals surface area (Å²) in [5, 5.41) is 7.40. The normalized spacial score (nSPS) is 14.2. The van der Waals surface area contributed by atoms with Gasteiger partial charge in [-0.3, -0.25) is 0 Å². The fraction of sp³-hybridized carbons (Fsp3) is 0.333. The maximum atomic E-state index is 11.8. The minimum absolute atomic E-state index is 0.447. The van der Waals surface area contributed by atoms with Crippen molar-refractivity contribution in [3.05, 3.63) is 35.9 Å². The van der Waals surface area contributed by atoms with E-state index in [4.69, 9.17) is 5.26 Å². The lowest BCUT2D eigenvalue weighted by Crippen LogP contribution is -2.38. The standard InChI is InChI=1S/C12H14N2O4S/c1-9(8-13)19(16,17)14-11(12(15)18-2)10-6-4-3-5-7-10/h3-7,9,11,14H,1-2H3. The van der Waals surface area contributed by atoms with Gasteiger partial charge >= 0.3 is 5.97 Å². The molecule has 102 valence electrons. The molecule has 6 nitrogen and oxygen atoms in total. The average Bonchev–Trinajstić information content (AvgIpc) is 2.43. The van der Waals surface area contributed by atoms with Crippen molar-refractivity contribution in [1.29, 1.82) is 5.26 Å². The molecular formula is C12H14N2O4S. The van der Waals surface area contributed by atoms with Crippen LogP contribution in [0.15, 0.2) is 30.3 Å². The Labute approximate surface area is 112 Å². The van der Waals surface area contributed by atoms with Crippen molar-refractivity contribution < 1.29 is 17.9 Å². The molecule has 0 saturated carbocycles. The third-order valence-corrected chi connectivity index (χ3v) is 4.10. The van der Waals surface area contributed by atoms with E-state index in [1.165, 1.54) is 14.0 Å². The number of hydrogen-bond acceptors (Lipinski definition) is 5. The van der Waals surface area contributed by atoms with Crippen LogP contribution in [0.5, 0.6) is 0 Å². The van der Waals surface area contributed by atoms with Crippen LogP contribution >= 0.6 is 0 Å². The van der Waals surface area contributed by atoms with Gasteiger partial charge in [-0.25, -0.2) is 13.2 Å². The van der Waals surface area contributed by atoms with Gasteiger partial charge in [-0.1, -0.05) is 30.3 Å². The Morgan fingerprint density at radius 2 is 1.95 bits per heavy atom. The highest BCUT2D eigenvalue weighted by atomic mass is 32.2. The monoisotopic (exact) mass is 282 g/mol. The maximum absolute atomic E-state index is 11.8. The molecule has 0 aromatic heterocycles. The first kappa shape index (κ1) is 15.1. The zero-order valence-corrected chi connectivity index (χ0v) is 11.3. The van der Waals surface area contributed by atoms with Crippen LogP contribution in [0.1, 0.15) is 18.5 Å². The number of ether oxygens (including phenoxy) is 1. The predicted octanol–water partition coefficient (Wildman–Crippen LogP) is 0.732. The smallest absolute Gasteiger partial charge is 0.328 e. The van der Waals surface area contributed by atoms with Crippen LogP contribution in [-0.4, -0.2) is 26.7 Å². The Bertz CT molecular complexity index is 577. The van der Waals surface area contributed by atoms with Crippen LogP contribution in [0.3, 0.4) is 0 Å². The second kappa shape index (κ2) is 6.31. The van der Waals surface area contributed by atoms with E-state index in [0.29, 0.717) is 5.56 Å². The van der Waals surface area contributed by atoms with E-state index in [-0.39, 0.29) is 0 Å². The first-order valence-electron chi connectivity index (χ1n) is 5.46. The fourth-order valence-electron chi connectivity index (χ4n) is 1.35. The Balaban J connectivity index is 3.09. The van der Waals surface area contributed by atoms with Crippen molar-refractivity contribution in [2.24, 2.45) is 0 Å². The number of methoxy groups -OCH3 is 1. The average molecular weight is 282 g/mol. The number of carbonyl (C=O) groups is 1. The van der Waals surface area contributed by atoms with Gasteiger partial charge in [0.2, 0.25) is 10.0 Å². The van der Waals surface area contributed by atoms with Crippen LogP contribution in [0.4, 0.5) is 0 Å². The zero-order valence-electron chi connectivity index (χ0n) is 10.5. The van der Waals surface area contributed by atoms with Crippen LogP contribution < -0.4 is 4.72 Å². The molecule has 7 heteroatoms. The van der Waals surface area contributed by atoms with Gasteiger partial charge in [0.25, 0.3) is 0 Å². The van der Waals surface area contributed by atoms with Crippen LogP contribution in [0.25, 0.3) is 0 Å². The number of nitrogens with one attached hydrogen (secondary N) is 1. The van der Waals surface area contributed by atoms with Gasteiger partial charge in [-0.2, -0.15) is 9.98 Å². The van der Waals surface area contributed by atoms with Crippen molar-refractivity contribution in [1.82, 2.24) is 4.72 Å². The molecule has 1 N–H and O–H groups in total. The lowest BCUT2D eigenvalue weighted by molar-refractivity contribution is -0.142. The number of carbonyl (C=O) groups excluding carboxylic acids is 1. The minimum atomic E-state index is -3.92. The molecule has 0 aliphatic carbocycles. The molecule has 19 heavy (non-hydrogen) atoms. The minimum Gasteiger partial charge on any atom is -0.468 e. The molecule has 0 amide bonds. The molecule has 1 rings (SSSR count). The third-order valence-electron chi connectivity index (χ3n) is 2.50. The summed E-state index contributed by atoms with van der Waals surface area (Å²) in [6.45, 7) is 1.24. The topological polar surface area (TPSA) is 96.3 Å². The molecule has 1 aromatic carbocycles. The van der Waals surface area contributed by atoms with Crippen molar-refractivity contribution in [3.8, 4) is 6.07 Å². The number of rotatable bonds is 5. The summed E-state index contributed by atoms with van der Waals surface area (Å²) in [5.74, 6) is -0.736. The first-order valence-corrected chi connectivity index (χ1v) is 7.00. The first-order chi connectivity index (χ1) is 8.92. The highest BCUT2D eigenvalue weighted by Crippen LogP contribution is 2.16. The van der Waals surface area contributed by atoms with Gasteiger partial charge in [0.1, 0.15) is 6.04 Å². The SMILES string of the molecule is COC(=O)C(NS(=O)(=O)C(C)C#N)c1ccccc1. The summed E-state index contributed by atoms with van der Waals surface area (Å²) < 4.78 is 30.4. The molecule has 0 spiro atoms. The van der Waals surface area contributed by atoms with Crippen molar-refractivity contribution in [2.75, 3.05) is 7.11 Å². The fourth-order valence-corrected chi connectivity index (χ4v) is 2.26. The van der Waals surface area contributed by atoms with Crippen LogP contribution in [-0.2, 0) is 19.6 Å². The van der Waals surface area contributed by atoms with E-state index in [2.05, 4.69) is 9.46 Å². The number of benzene rings is 1. The number of hydrogen-bond donors (Lipinski definition) is 1. The molecule has 0 saturated heterocycles. The Morgan fingerprint density at radius 3 is 2.42 bits per heavy atom. The molecule has 2 atom stereocenters. The van der Waals surface area contributed by atoms with E-state index in [0.717, 1.165) is 0 Å². The molecule has 0 aliphatic heterocycles. The Morgan fingerprint density at radius 1 is 1.37 bits per heavy atom. The summed E-state index contributed by atoms with van der Waals surface area (Å²) in [6, 6.07) is 8.74. The molecule has 0 radical (unpaired) electrons. The van der Waals surface area contributed by atoms with E-state index < -0.39 is 27.3 Å².